The van der Waals surface area contributed by atoms with E-state index in [1.165, 1.54) is 11.8 Å². The molecule has 9 heteroatoms. The zero-order valence-electron chi connectivity index (χ0n) is 13.0. The normalized spacial score (nSPS) is 19.0. The van der Waals surface area contributed by atoms with Gasteiger partial charge in [-0.15, -0.1) is 5.10 Å². The van der Waals surface area contributed by atoms with Gasteiger partial charge in [0.1, 0.15) is 0 Å². The van der Waals surface area contributed by atoms with Gasteiger partial charge in [0.25, 0.3) is 0 Å². The minimum Gasteiger partial charge on any atom is -0.376 e. The van der Waals surface area contributed by atoms with Gasteiger partial charge in [0.05, 0.1) is 18.4 Å². The second-order valence-electron chi connectivity index (χ2n) is 6.33. The molecule has 0 N–H and O–H groups in total. The van der Waals surface area contributed by atoms with Crippen LogP contribution < -0.4 is 0 Å². The van der Waals surface area contributed by atoms with Gasteiger partial charge in [-0.25, -0.2) is 4.68 Å². The van der Waals surface area contributed by atoms with Crippen LogP contribution in [-0.4, -0.2) is 43.1 Å². The lowest BCUT2D eigenvalue weighted by Crippen LogP contribution is -2.16. The first-order valence-electron chi connectivity index (χ1n) is 7.36. The third kappa shape index (κ3) is 3.64. The maximum absolute atomic E-state index is 5.62. The highest BCUT2D eigenvalue weighted by atomic mass is 32.2. The lowest BCUT2D eigenvalue weighted by Gasteiger charge is -2.10. The highest BCUT2D eigenvalue weighted by Gasteiger charge is 2.22. The van der Waals surface area contributed by atoms with E-state index in [1.54, 1.807) is 4.68 Å². The Kier molecular flexibility index (Phi) is 4.44. The number of ether oxygens (including phenoxy) is 1. The molecule has 8 nitrogen and oxygen atoms in total. The number of hydrogen-bond acceptors (Lipinski definition) is 8. The summed E-state index contributed by atoms with van der Waals surface area (Å²) in [5, 5.41) is 16.6. The lowest BCUT2D eigenvalue weighted by atomic mass is 9.96. The van der Waals surface area contributed by atoms with Crippen LogP contribution in [0.2, 0.25) is 0 Å². The molecule has 3 heterocycles. The first-order valence-corrected chi connectivity index (χ1v) is 8.34. The molecule has 1 aliphatic heterocycles. The molecule has 0 saturated carbocycles. The summed E-state index contributed by atoms with van der Waals surface area (Å²) < 4.78 is 12.7. The topological polar surface area (TPSA) is 91.8 Å². The van der Waals surface area contributed by atoms with Crippen LogP contribution in [0.15, 0.2) is 9.68 Å². The molecule has 3 rings (SSSR count). The highest BCUT2D eigenvalue weighted by molar-refractivity contribution is 7.98. The average Bonchev–Trinajstić information content (AvgIpc) is 3.17. The van der Waals surface area contributed by atoms with E-state index in [0.29, 0.717) is 24.0 Å². The van der Waals surface area contributed by atoms with Gasteiger partial charge >= 0.3 is 0 Å². The zero-order chi connectivity index (χ0) is 15.6. The molecule has 2 aromatic rings. The van der Waals surface area contributed by atoms with E-state index < -0.39 is 0 Å². The Balaban J connectivity index is 1.59. The van der Waals surface area contributed by atoms with Crippen molar-refractivity contribution in [3.8, 4) is 0 Å². The van der Waals surface area contributed by atoms with E-state index in [-0.39, 0.29) is 11.5 Å². The van der Waals surface area contributed by atoms with Crippen molar-refractivity contribution >= 4 is 11.8 Å². The van der Waals surface area contributed by atoms with Gasteiger partial charge in [-0.1, -0.05) is 37.7 Å². The van der Waals surface area contributed by atoms with Crippen LogP contribution >= 0.6 is 11.8 Å². The summed E-state index contributed by atoms with van der Waals surface area (Å²) in [5.41, 5.74) is -0.117. The van der Waals surface area contributed by atoms with E-state index in [0.717, 1.165) is 24.6 Å². The van der Waals surface area contributed by atoms with Crippen LogP contribution in [0.1, 0.15) is 45.3 Å². The van der Waals surface area contributed by atoms with E-state index >= 15 is 0 Å². The van der Waals surface area contributed by atoms with E-state index in [1.807, 2.05) is 0 Å². The van der Waals surface area contributed by atoms with Crippen LogP contribution in [0.5, 0.6) is 0 Å². The van der Waals surface area contributed by atoms with Crippen molar-refractivity contribution in [2.24, 2.45) is 0 Å². The molecule has 22 heavy (non-hydrogen) atoms. The molecule has 0 aromatic carbocycles. The predicted molar refractivity (Wildman–Crippen MR) is 79.4 cm³/mol. The van der Waals surface area contributed by atoms with Gasteiger partial charge in [0.15, 0.2) is 5.82 Å². The molecule has 1 fully saturated rings. The number of hydrogen-bond donors (Lipinski definition) is 0. The van der Waals surface area contributed by atoms with Gasteiger partial charge < -0.3 is 9.26 Å². The predicted octanol–water partition coefficient (Wildman–Crippen LogP) is 1.82. The summed E-state index contributed by atoms with van der Waals surface area (Å²) in [4.78, 5) is 4.41. The van der Waals surface area contributed by atoms with Crippen molar-refractivity contribution in [3.05, 3.63) is 11.7 Å². The Morgan fingerprint density at radius 2 is 2.23 bits per heavy atom. The van der Waals surface area contributed by atoms with Crippen LogP contribution in [0, 0.1) is 0 Å². The third-order valence-electron chi connectivity index (χ3n) is 3.36. The van der Waals surface area contributed by atoms with Crippen molar-refractivity contribution in [2.75, 3.05) is 6.61 Å². The van der Waals surface area contributed by atoms with Crippen molar-refractivity contribution in [1.29, 1.82) is 0 Å². The Morgan fingerprint density at radius 1 is 1.36 bits per heavy atom. The lowest BCUT2D eigenvalue weighted by molar-refractivity contribution is 0.0912. The van der Waals surface area contributed by atoms with Crippen LogP contribution in [0.3, 0.4) is 0 Å². The fraction of sp³-hybridized carbons (Fsp3) is 0.769. The molecular weight excluding hydrogens is 304 g/mol. The summed E-state index contributed by atoms with van der Waals surface area (Å²) in [6.07, 6.45) is 2.37. The maximum atomic E-state index is 5.62. The summed E-state index contributed by atoms with van der Waals surface area (Å²) in [7, 11) is 0. The third-order valence-corrected chi connectivity index (χ3v) is 4.31. The second-order valence-corrected chi connectivity index (χ2v) is 7.27. The van der Waals surface area contributed by atoms with Crippen molar-refractivity contribution in [3.63, 3.8) is 0 Å². The zero-order valence-corrected chi connectivity index (χ0v) is 13.8. The number of tetrazole rings is 1. The molecule has 1 atom stereocenters. The minimum atomic E-state index is -0.117. The van der Waals surface area contributed by atoms with Crippen molar-refractivity contribution < 1.29 is 9.26 Å². The maximum Gasteiger partial charge on any atom is 0.237 e. The molecule has 1 saturated heterocycles. The van der Waals surface area contributed by atoms with Crippen molar-refractivity contribution in [1.82, 2.24) is 30.3 Å². The molecule has 0 radical (unpaired) electrons. The number of thioether (sulfide) groups is 1. The fourth-order valence-electron chi connectivity index (χ4n) is 2.14. The largest absolute Gasteiger partial charge is 0.376 e. The van der Waals surface area contributed by atoms with Gasteiger partial charge in [0, 0.05) is 12.0 Å². The van der Waals surface area contributed by atoms with Crippen LogP contribution in [0.25, 0.3) is 0 Å². The van der Waals surface area contributed by atoms with E-state index in [9.17, 15) is 0 Å². The highest BCUT2D eigenvalue weighted by Crippen LogP contribution is 2.23. The molecule has 0 bridgehead atoms. The van der Waals surface area contributed by atoms with E-state index in [4.69, 9.17) is 9.26 Å². The standard InChI is InChI=1S/C13H20N6O2S/c1-13(2,3)11-14-10(21-16-11)8-22-12-15-17-18-19(12)7-9-5-4-6-20-9/h9H,4-8H2,1-3H3. The smallest absolute Gasteiger partial charge is 0.237 e. The Morgan fingerprint density at radius 3 is 2.91 bits per heavy atom. The molecule has 120 valence electrons. The van der Waals surface area contributed by atoms with Gasteiger partial charge in [-0.2, -0.15) is 4.98 Å². The minimum absolute atomic E-state index is 0.117. The van der Waals surface area contributed by atoms with Crippen molar-refractivity contribution in [2.45, 2.75) is 62.6 Å². The number of nitrogens with zero attached hydrogens (tertiary/aromatic N) is 6. The molecular formula is C13H20N6O2S. The Bertz CT molecular complexity index is 614. The molecule has 1 aliphatic rings. The van der Waals surface area contributed by atoms with Gasteiger partial charge in [0.2, 0.25) is 11.0 Å². The van der Waals surface area contributed by atoms with Crippen LogP contribution in [-0.2, 0) is 22.4 Å². The number of aromatic nitrogens is 6. The summed E-state index contributed by atoms with van der Waals surface area (Å²) >= 11 is 1.49. The molecule has 0 aliphatic carbocycles. The van der Waals surface area contributed by atoms with Crippen LogP contribution in [0.4, 0.5) is 0 Å². The first kappa shape index (κ1) is 15.4. The SMILES string of the molecule is CC(C)(C)c1noc(CSc2nnnn2CC2CCCO2)n1. The van der Waals surface area contributed by atoms with Gasteiger partial charge in [-0.05, 0) is 23.3 Å². The first-order chi connectivity index (χ1) is 10.5. The summed E-state index contributed by atoms with van der Waals surface area (Å²) in [6.45, 7) is 7.67. The summed E-state index contributed by atoms with van der Waals surface area (Å²) in [5.74, 6) is 1.85. The number of rotatable bonds is 5. The van der Waals surface area contributed by atoms with Gasteiger partial charge in [-0.3, -0.25) is 0 Å². The molecule has 1 unspecified atom stereocenters. The fourth-order valence-corrected chi connectivity index (χ4v) is 2.86. The average molecular weight is 324 g/mol. The quantitative estimate of drug-likeness (QED) is 0.769. The van der Waals surface area contributed by atoms with E-state index in [2.05, 4.69) is 46.4 Å². The molecule has 0 spiro atoms. The Labute approximate surface area is 133 Å². The second kappa shape index (κ2) is 6.33. The monoisotopic (exact) mass is 324 g/mol. The molecule has 2 aromatic heterocycles. The summed E-state index contributed by atoms with van der Waals surface area (Å²) in [6, 6.07) is 0. The Hall–Kier alpha value is -1.48. The molecule has 0 amide bonds.